The zero-order valence-electron chi connectivity index (χ0n) is 11.2. The van der Waals surface area contributed by atoms with Crippen LogP contribution in [0.4, 0.5) is 0 Å². The van der Waals surface area contributed by atoms with Crippen LogP contribution >= 0.6 is 0 Å². The minimum absolute atomic E-state index is 0.207. The van der Waals surface area contributed by atoms with Gasteiger partial charge in [0.2, 0.25) is 0 Å². The van der Waals surface area contributed by atoms with E-state index in [4.69, 9.17) is 0 Å². The summed E-state index contributed by atoms with van der Waals surface area (Å²) in [5, 5.41) is 3.23. The van der Waals surface area contributed by atoms with Gasteiger partial charge in [0.25, 0.3) is 0 Å². The number of Topliss-reactive ketones (excluding diaryl/α,β-unsaturated/α-hetero) is 1. The molecule has 0 amide bonds. The van der Waals surface area contributed by atoms with E-state index in [9.17, 15) is 4.79 Å². The number of hydrogen-bond donors (Lipinski definition) is 1. The van der Waals surface area contributed by atoms with E-state index >= 15 is 0 Å². The minimum atomic E-state index is 0.207. The van der Waals surface area contributed by atoms with Gasteiger partial charge < -0.3 is 9.88 Å². The van der Waals surface area contributed by atoms with Crippen molar-refractivity contribution in [3.63, 3.8) is 0 Å². The first-order valence-corrected chi connectivity index (χ1v) is 6.87. The average Bonchev–Trinajstić information content (AvgIpc) is 3.17. The quantitative estimate of drug-likeness (QED) is 0.856. The first-order chi connectivity index (χ1) is 9.24. The topological polar surface area (TPSA) is 46.9 Å². The second-order valence-electron chi connectivity index (χ2n) is 5.37. The smallest absolute Gasteiger partial charge is 0.154 e. The van der Waals surface area contributed by atoms with E-state index in [0.29, 0.717) is 13.0 Å². The molecule has 1 fully saturated rings. The van der Waals surface area contributed by atoms with E-state index in [0.717, 1.165) is 29.3 Å². The predicted octanol–water partition coefficient (Wildman–Crippen LogP) is 1.68. The normalized spacial score (nSPS) is 15.0. The number of carbonyl (C=O) groups is 1. The molecule has 0 bridgehead atoms. The maximum absolute atomic E-state index is 11.9. The Kier molecular flexibility index (Phi) is 3.34. The van der Waals surface area contributed by atoms with Crippen LogP contribution in [-0.4, -0.2) is 28.4 Å². The molecular weight excluding hydrogens is 238 g/mol. The van der Waals surface area contributed by atoms with Gasteiger partial charge >= 0.3 is 0 Å². The lowest BCUT2D eigenvalue weighted by atomic mass is 10.2. The standard InChI is InChI=1S/C15H19N3O/c1-18-14-5-3-2-4-13(14)17-15(18)8-12(19)10-16-9-11-6-7-11/h2-5,11,16H,6-10H2,1H3. The largest absolute Gasteiger partial charge is 0.331 e. The molecule has 1 aliphatic carbocycles. The molecule has 3 rings (SSSR count). The van der Waals surface area contributed by atoms with Gasteiger partial charge in [-0.25, -0.2) is 4.98 Å². The Labute approximate surface area is 112 Å². The van der Waals surface area contributed by atoms with E-state index in [1.807, 2.05) is 35.9 Å². The molecule has 0 spiro atoms. The molecule has 1 N–H and O–H groups in total. The van der Waals surface area contributed by atoms with Crippen LogP contribution in [0.1, 0.15) is 18.7 Å². The number of benzene rings is 1. The van der Waals surface area contributed by atoms with E-state index < -0.39 is 0 Å². The van der Waals surface area contributed by atoms with Gasteiger partial charge in [0, 0.05) is 7.05 Å². The van der Waals surface area contributed by atoms with Crippen molar-refractivity contribution in [2.75, 3.05) is 13.1 Å². The van der Waals surface area contributed by atoms with Crippen molar-refractivity contribution in [3.05, 3.63) is 30.1 Å². The number of aromatic nitrogens is 2. The van der Waals surface area contributed by atoms with Gasteiger partial charge in [0.1, 0.15) is 5.82 Å². The molecule has 1 aromatic carbocycles. The number of ketones is 1. The van der Waals surface area contributed by atoms with Crippen molar-refractivity contribution < 1.29 is 4.79 Å². The van der Waals surface area contributed by atoms with Crippen LogP contribution in [0.15, 0.2) is 24.3 Å². The molecule has 0 atom stereocenters. The van der Waals surface area contributed by atoms with E-state index in [1.54, 1.807) is 0 Å². The summed E-state index contributed by atoms with van der Waals surface area (Å²) in [5.41, 5.74) is 2.04. The molecule has 0 radical (unpaired) electrons. The van der Waals surface area contributed by atoms with Crippen molar-refractivity contribution in [1.29, 1.82) is 0 Å². The third-order valence-corrected chi connectivity index (χ3v) is 3.69. The summed E-state index contributed by atoms with van der Waals surface area (Å²) in [5.74, 6) is 1.86. The van der Waals surface area contributed by atoms with Gasteiger partial charge in [0.05, 0.1) is 24.0 Å². The second-order valence-corrected chi connectivity index (χ2v) is 5.37. The molecule has 4 nitrogen and oxygen atoms in total. The number of rotatable bonds is 6. The maximum Gasteiger partial charge on any atom is 0.154 e. The highest BCUT2D eigenvalue weighted by Gasteiger charge is 2.20. The Balaban J connectivity index is 1.63. The number of carbonyl (C=O) groups excluding carboxylic acids is 1. The zero-order valence-corrected chi connectivity index (χ0v) is 11.2. The Morgan fingerprint density at radius 1 is 1.42 bits per heavy atom. The van der Waals surface area contributed by atoms with Crippen LogP contribution in [0.3, 0.4) is 0 Å². The van der Waals surface area contributed by atoms with Crippen LogP contribution in [0, 0.1) is 5.92 Å². The molecule has 19 heavy (non-hydrogen) atoms. The van der Waals surface area contributed by atoms with E-state index in [2.05, 4.69) is 10.3 Å². The minimum Gasteiger partial charge on any atom is -0.331 e. The van der Waals surface area contributed by atoms with E-state index in [-0.39, 0.29) is 5.78 Å². The van der Waals surface area contributed by atoms with Crippen molar-refractivity contribution in [3.8, 4) is 0 Å². The average molecular weight is 257 g/mol. The third kappa shape index (κ3) is 2.84. The van der Waals surface area contributed by atoms with Crippen LogP contribution in [0.2, 0.25) is 0 Å². The summed E-state index contributed by atoms with van der Waals surface area (Å²) >= 11 is 0. The van der Waals surface area contributed by atoms with Crippen LogP contribution < -0.4 is 5.32 Å². The van der Waals surface area contributed by atoms with Gasteiger partial charge in [-0.2, -0.15) is 0 Å². The predicted molar refractivity (Wildman–Crippen MR) is 75.0 cm³/mol. The number of nitrogens with zero attached hydrogens (tertiary/aromatic N) is 2. The summed E-state index contributed by atoms with van der Waals surface area (Å²) in [6, 6.07) is 7.97. The molecule has 1 heterocycles. The first-order valence-electron chi connectivity index (χ1n) is 6.87. The molecule has 100 valence electrons. The molecule has 0 unspecified atom stereocenters. The van der Waals surface area contributed by atoms with Crippen molar-refractivity contribution in [1.82, 2.24) is 14.9 Å². The molecule has 1 aliphatic rings. The van der Waals surface area contributed by atoms with Crippen molar-refractivity contribution in [2.45, 2.75) is 19.3 Å². The Morgan fingerprint density at radius 2 is 2.21 bits per heavy atom. The van der Waals surface area contributed by atoms with Crippen LogP contribution in [0.25, 0.3) is 11.0 Å². The van der Waals surface area contributed by atoms with Gasteiger partial charge in [-0.1, -0.05) is 12.1 Å². The number of hydrogen-bond acceptors (Lipinski definition) is 3. The summed E-state index contributed by atoms with van der Waals surface area (Å²) in [6.45, 7) is 1.44. The summed E-state index contributed by atoms with van der Waals surface area (Å²) in [4.78, 5) is 16.4. The molecule has 4 heteroatoms. The third-order valence-electron chi connectivity index (χ3n) is 3.69. The Bertz CT molecular complexity index is 598. The van der Waals surface area contributed by atoms with E-state index in [1.165, 1.54) is 12.8 Å². The number of imidazole rings is 1. The lowest BCUT2D eigenvalue weighted by molar-refractivity contribution is -0.117. The monoisotopic (exact) mass is 257 g/mol. The highest BCUT2D eigenvalue weighted by Crippen LogP contribution is 2.27. The fourth-order valence-electron chi connectivity index (χ4n) is 2.33. The lowest BCUT2D eigenvalue weighted by Gasteiger charge is -2.03. The molecule has 1 aromatic heterocycles. The number of nitrogens with one attached hydrogen (secondary N) is 1. The van der Waals surface area contributed by atoms with Gasteiger partial charge in [-0.3, -0.25) is 4.79 Å². The number of para-hydroxylation sites is 2. The van der Waals surface area contributed by atoms with Gasteiger partial charge in [0.15, 0.2) is 5.78 Å². The van der Waals surface area contributed by atoms with Crippen molar-refractivity contribution in [2.24, 2.45) is 13.0 Å². The Hall–Kier alpha value is -1.68. The van der Waals surface area contributed by atoms with Gasteiger partial charge in [-0.05, 0) is 37.4 Å². The van der Waals surface area contributed by atoms with Crippen molar-refractivity contribution >= 4 is 16.8 Å². The molecule has 0 saturated heterocycles. The second kappa shape index (κ2) is 5.13. The SMILES string of the molecule is Cn1c(CC(=O)CNCC2CC2)nc2ccccc21. The zero-order chi connectivity index (χ0) is 13.2. The maximum atomic E-state index is 11.9. The number of fused-ring (bicyclic) bond motifs is 1. The molecule has 0 aliphatic heterocycles. The number of aryl methyl sites for hydroxylation is 1. The molecule has 2 aromatic rings. The highest BCUT2D eigenvalue weighted by molar-refractivity contribution is 5.84. The molecule has 1 saturated carbocycles. The van der Waals surface area contributed by atoms with Crippen LogP contribution in [0.5, 0.6) is 0 Å². The fraction of sp³-hybridized carbons (Fsp3) is 0.467. The molecular formula is C15H19N3O. The fourth-order valence-corrected chi connectivity index (χ4v) is 2.33. The highest BCUT2D eigenvalue weighted by atomic mass is 16.1. The summed E-state index contributed by atoms with van der Waals surface area (Å²) in [7, 11) is 1.97. The lowest BCUT2D eigenvalue weighted by Crippen LogP contribution is -2.26. The first kappa shape index (κ1) is 12.4. The summed E-state index contributed by atoms with van der Waals surface area (Å²) in [6.07, 6.45) is 3.03. The Morgan fingerprint density at radius 3 is 2.95 bits per heavy atom. The van der Waals surface area contributed by atoms with Gasteiger partial charge in [-0.15, -0.1) is 0 Å². The van der Waals surface area contributed by atoms with Crippen LogP contribution in [-0.2, 0) is 18.3 Å². The summed E-state index contributed by atoms with van der Waals surface area (Å²) < 4.78 is 2.01.